The average molecular weight is 775 g/mol. The largest absolute Gasteiger partial charge is 0.381 e. The minimum absolute atomic E-state index is 0.115. The van der Waals surface area contributed by atoms with Crippen LogP contribution in [0.3, 0.4) is 0 Å². The van der Waals surface area contributed by atoms with Gasteiger partial charge in [-0.25, -0.2) is 9.97 Å². The van der Waals surface area contributed by atoms with Crippen LogP contribution in [0.2, 0.25) is 0 Å². The fourth-order valence-corrected chi connectivity index (χ4v) is 6.60. The summed E-state index contributed by atoms with van der Waals surface area (Å²) in [6.45, 7) is 11.1. The van der Waals surface area contributed by atoms with Crippen LogP contribution in [0.5, 0.6) is 0 Å². The first kappa shape index (κ1) is 40.3. The second kappa shape index (κ2) is 17.6. The number of alkyl halides is 1. The van der Waals surface area contributed by atoms with Crippen molar-refractivity contribution in [2.45, 2.75) is 65.0 Å². The fraction of sp³-hybridized carbons (Fsp3) is 0.318. The molecule has 3 heterocycles. The molecule has 9 rings (SSSR count). The average Bonchev–Trinajstić information content (AvgIpc) is 4.01. The summed E-state index contributed by atoms with van der Waals surface area (Å²) in [4.78, 5) is 68.5. The number of hydrogen-bond acceptors (Lipinski definition) is 9. The summed E-state index contributed by atoms with van der Waals surface area (Å²) < 4.78 is 4.94. The molecule has 4 aromatic carbocycles. The summed E-state index contributed by atoms with van der Waals surface area (Å²) in [7, 11) is 3.98. The number of benzene rings is 4. The zero-order valence-corrected chi connectivity index (χ0v) is 33.3. The smallest absolute Gasteiger partial charge is 0.196 e. The van der Waals surface area contributed by atoms with E-state index in [1.807, 2.05) is 20.2 Å². The molecule has 11 nitrogen and oxygen atoms in total. The molecule has 0 radical (unpaired) electrons. The van der Waals surface area contributed by atoms with Crippen molar-refractivity contribution in [1.29, 1.82) is 0 Å². The Morgan fingerprint density at radius 1 is 0.661 bits per heavy atom. The lowest BCUT2D eigenvalue weighted by molar-refractivity contribution is 0.0980. The Morgan fingerprint density at radius 3 is 1.45 bits per heavy atom. The highest BCUT2D eigenvalue weighted by Crippen LogP contribution is 2.33. The van der Waals surface area contributed by atoms with E-state index >= 15 is 0 Å². The molecule has 0 atom stereocenters. The summed E-state index contributed by atoms with van der Waals surface area (Å²) in [6.07, 6.45) is 2.56. The SMILES string of the molecule is C1CCOC1.CC(C)N(C)Cc1nc2c3c(ccc2[nH]1)C(=O)c1ccccc1C3=O.CNC(C)C.O=C1c2ccccc2C(=O)c2c1ccc1[nH]c(CCl)nc21. The van der Waals surface area contributed by atoms with E-state index < -0.39 is 0 Å². The van der Waals surface area contributed by atoms with Gasteiger partial charge >= 0.3 is 0 Å². The molecule has 3 N–H and O–H groups in total. The molecular formula is C44H47ClN6O5. The predicted molar refractivity (Wildman–Crippen MR) is 219 cm³/mol. The number of carbonyl (C=O) groups is 4. The van der Waals surface area contributed by atoms with Crippen molar-refractivity contribution in [2.75, 3.05) is 27.3 Å². The second-order valence-electron chi connectivity index (χ2n) is 14.4. The molecule has 12 heteroatoms. The lowest BCUT2D eigenvalue weighted by Gasteiger charge is -2.19. The molecule has 1 saturated heterocycles. The number of aromatic nitrogens is 4. The zero-order chi connectivity index (χ0) is 40.1. The molecule has 1 fully saturated rings. The molecule has 0 saturated carbocycles. The van der Waals surface area contributed by atoms with Crippen LogP contribution in [0.1, 0.15) is 116 Å². The molecule has 3 aliphatic rings. The van der Waals surface area contributed by atoms with Gasteiger partial charge in [0.05, 0.1) is 34.6 Å². The summed E-state index contributed by atoms with van der Waals surface area (Å²) in [5.41, 5.74) is 6.00. The Bertz CT molecular complexity index is 2420. The summed E-state index contributed by atoms with van der Waals surface area (Å²) >= 11 is 5.78. The molecule has 2 aromatic heterocycles. The van der Waals surface area contributed by atoms with E-state index in [0.717, 1.165) is 24.6 Å². The number of ketones is 4. The van der Waals surface area contributed by atoms with Crippen LogP contribution in [0.4, 0.5) is 0 Å². The quantitative estimate of drug-likeness (QED) is 0.150. The number of nitrogens with one attached hydrogen (secondary N) is 3. The van der Waals surface area contributed by atoms with Gasteiger partial charge in [0.2, 0.25) is 0 Å². The number of halogens is 1. The number of carbonyl (C=O) groups excluding carboxylic acids is 4. The van der Waals surface area contributed by atoms with Crippen molar-refractivity contribution in [2.24, 2.45) is 0 Å². The maximum atomic E-state index is 13.0. The van der Waals surface area contributed by atoms with Gasteiger partial charge in [-0.05, 0) is 65.0 Å². The number of aromatic amines is 2. The van der Waals surface area contributed by atoms with Gasteiger partial charge in [0.25, 0.3) is 0 Å². The number of H-pyrrole nitrogens is 2. The molecule has 0 spiro atoms. The van der Waals surface area contributed by atoms with Crippen molar-refractivity contribution >= 4 is 56.8 Å². The third kappa shape index (κ3) is 8.27. The minimum Gasteiger partial charge on any atom is -0.381 e. The minimum atomic E-state index is -0.168. The molecule has 56 heavy (non-hydrogen) atoms. The zero-order valence-electron chi connectivity index (χ0n) is 32.6. The van der Waals surface area contributed by atoms with E-state index in [0.29, 0.717) is 85.5 Å². The Hall–Kier alpha value is -5.33. The number of ether oxygens (including phenoxy) is 1. The van der Waals surface area contributed by atoms with Crippen molar-refractivity contribution in [1.82, 2.24) is 30.2 Å². The topological polar surface area (TPSA) is 150 Å². The highest BCUT2D eigenvalue weighted by Gasteiger charge is 2.33. The Labute approximate surface area is 331 Å². The number of nitrogens with zero attached hydrogens (tertiary/aromatic N) is 3. The van der Waals surface area contributed by atoms with Crippen LogP contribution in [-0.2, 0) is 17.2 Å². The molecular weight excluding hydrogens is 728 g/mol. The highest BCUT2D eigenvalue weighted by atomic mass is 35.5. The molecule has 1 aliphatic heterocycles. The monoisotopic (exact) mass is 774 g/mol. The van der Waals surface area contributed by atoms with Crippen LogP contribution >= 0.6 is 11.6 Å². The maximum Gasteiger partial charge on any atom is 0.196 e. The number of fused-ring (bicyclic) bond motifs is 8. The second-order valence-corrected chi connectivity index (χ2v) is 14.7. The molecule has 0 bridgehead atoms. The summed E-state index contributed by atoms with van der Waals surface area (Å²) in [6, 6.07) is 21.8. The molecule has 290 valence electrons. The van der Waals surface area contributed by atoms with Crippen LogP contribution in [0.15, 0.2) is 72.8 Å². The first-order chi connectivity index (χ1) is 26.9. The summed E-state index contributed by atoms with van der Waals surface area (Å²) in [5.74, 6) is 1.04. The van der Waals surface area contributed by atoms with Crippen molar-refractivity contribution < 1.29 is 23.9 Å². The molecule has 6 aromatic rings. The van der Waals surface area contributed by atoms with Gasteiger partial charge < -0.3 is 20.0 Å². The number of rotatable bonds is 5. The van der Waals surface area contributed by atoms with E-state index in [1.165, 1.54) is 12.8 Å². The van der Waals surface area contributed by atoms with Crippen molar-refractivity contribution in [3.8, 4) is 0 Å². The lowest BCUT2D eigenvalue weighted by Crippen LogP contribution is -2.26. The Morgan fingerprint density at radius 2 is 1.07 bits per heavy atom. The van der Waals surface area contributed by atoms with Crippen molar-refractivity contribution in [3.63, 3.8) is 0 Å². The lowest BCUT2D eigenvalue weighted by atomic mass is 9.83. The first-order valence-electron chi connectivity index (χ1n) is 18.9. The van der Waals surface area contributed by atoms with Gasteiger partial charge in [0.15, 0.2) is 23.1 Å². The van der Waals surface area contributed by atoms with Gasteiger partial charge in [-0.2, -0.15) is 0 Å². The van der Waals surface area contributed by atoms with Crippen LogP contribution < -0.4 is 5.32 Å². The molecule has 0 unspecified atom stereocenters. The fourth-order valence-electron chi connectivity index (χ4n) is 6.48. The van der Waals surface area contributed by atoms with Gasteiger partial charge in [-0.3, -0.25) is 24.1 Å². The third-order valence-corrected chi connectivity index (χ3v) is 10.2. The van der Waals surface area contributed by atoms with Gasteiger partial charge in [-0.1, -0.05) is 62.4 Å². The maximum absolute atomic E-state index is 13.0. The Kier molecular flexibility index (Phi) is 12.7. The Balaban J connectivity index is 0.000000154. The van der Waals surface area contributed by atoms with E-state index in [-0.39, 0.29) is 29.0 Å². The van der Waals surface area contributed by atoms with Crippen LogP contribution in [0.25, 0.3) is 22.1 Å². The van der Waals surface area contributed by atoms with E-state index in [4.69, 9.17) is 16.3 Å². The normalized spacial score (nSPS) is 14.1. The summed E-state index contributed by atoms with van der Waals surface area (Å²) in [5, 5.41) is 3.03. The standard InChI is InChI=1S/C20H19N3O2.C16H9ClN2O2.C4H11N.C4H8O/c1-11(2)23(3)10-16-21-15-9-8-14-17(18(15)22-16)20(25)13-7-5-4-6-12(13)19(14)24;17-7-12-18-11-6-5-10-13(14(11)19-12)16(21)9-4-2-1-3-8(9)15(10)20;1-4(2)5-3;1-2-4-5-3-1/h4-9,11H,10H2,1-3H3,(H,21,22);1-6H,7H2,(H,18,19);4-5H,1-3H3;1-4H2. The third-order valence-electron chi connectivity index (χ3n) is 10.00. The van der Waals surface area contributed by atoms with Gasteiger partial charge in [-0.15, -0.1) is 11.6 Å². The van der Waals surface area contributed by atoms with Crippen molar-refractivity contribution in [3.05, 3.63) is 129 Å². The molecule has 0 amide bonds. The predicted octanol–water partition coefficient (Wildman–Crippen LogP) is 7.67. The van der Waals surface area contributed by atoms with Gasteiger partial charge in [0, 0.05) is 58.7 Å². The van der Waals surface area contributed by atoms with Crippen LogP contribution in [0, 0.1) is 0 Å². The number of imidazole rings is 2. The van der Waals surface area contributed by atoms with E-state index in [2.05, 4.69) is 57.8 Å². The molecule has 2 aliphatic carbocycles. The number of hydrogen-bond donors (Lipinski definition) is 3. The van der Waals surface area contributed by atoms with Crippen LogP contribution in [-0.4, -0.2) is 87.4 Å². The van der Waals surface area contributed by atoms with Gasteiger partial charge in [0.1, 0.15) is 22.7 Å². The highest BCUT2D eigenvalue weighted by molar-refractivity contribution is 6.32. The van der Waals surface area contributed by atoms with E-state index in [1.54, 1.807) is 66.7 Å². The van der Waals surface area contributed by atoms with E-state index in [9.17, 15) is 19.2 Å². The first-order valence-corrected chi connectivity index (χ1v) is 19.4.